The molecule has 0 fully saturated rings. The van der Waals surface area contributed by atoms with Gasteiger partial charge >= 0.3 is 11.9 Å². The zero-order chi connectivity index (χ0) is 15.7. The van der Waals surface area contributed by atoms with Gasteiger partial charge < -0.3 is 20.3 Å². The van der Waals surface area contributed by atoms with Crippen molar-refractivity contribution < 1.29 is 24.2 Å². The first-order valence-corrected chi connectivity index (χ1v) is 6.96. The maximum Gasteiger partial charge on any atom is 0.339 e. The molecule has 0 aliphatic heterocycles. The Balaban J connectivity index is 2.33. The molecule has 0 aliphatic carbocycles. The average molecular weight is 295 g/mol. The number of esters is 1. The molecule has 0 aromatic heterocycles. The number of carbonyl (C=O) groups is 2. The Labute approximate surface area is 123 Å². The van der Waals surface area contributed by atoms with Gasteiger partial charge in [-0.2, -0.15) is 0 Å². The third-order valence-electron chi connectivity index (χ3n) is 2.85. The largest absolute Gasteiger partial charge is 0.491 e. The number of aromatic carboxylic acids is 1. The maximum atomic E-state index is 11.1. The van der Waals surface area contributed by atoms with Crippen LogP contribution < -0.4 is 10.5 Å². The summed E-state index contributed by atoms with van der Waals surface area (Å²) in [4.78, 5) is 22.2. The molecule has 0 heterocycles. The zero-order valence-electron chi connectivity index (χ0n) is 12.1. The molecule has 0 amide bonds. The molecule has 0 spiro atoms. The zero-order valence-corrected chi connectivity index (χ0v) is 12.1. The molecule has 1 aromatic rings. The standard InChI is InChI=1S/C15H21NO5/c1-2-20-13(17)9-4-3-5-10-21-14-11(15(18)19)7-6-8-12(14)16/h6-8H,2-5,9-10,16H2,1H3,(H,18,19). The van der Waals surface area contributed by atoms with E-state index in [2.05, 4.69) is 0 Å². The second-order valence-electron chi connectivity index (χ2n) is 4.49. The summed E-state index contributed by atoms with van der Waals surface area (Å²) in [6, 6.07) is 4.63. The normalized spacial score (nSPS) is 10.1. The maximum absolute atomic E-state index is 11.1. The first-order chi connectivity index (χ1) is 10.1. The third kappa shape index (κ3) is 5.72. The molecule has 1 aromatic carbocycles. The second-order valence-corrected chi connectivity index (χ2v) is 4.49. The quantitative estimate of drug-likeness (QED) is 0.412. The number of rotatable bonds is 9. The summed E-state index contributed by atoms with van der Waals surface area (Å²) in [6.07, 6.45) is 2.63. The first kappa shape index (κ1) is 16.8. The monoisotopic (exact) mass is 295 g/mol. The Morgan fingerprint density at radius 1 is 1.24 bits per heavy atom. The summed E-state index contributed by atoms with van der Waals surface area (Å²) in [5.41, 5.74) is 6.09. The minimum absolute atomic E-state index is 0.0570. The van der Waals surface area contributed by atoms with Gasteiger partial charge in [0.1, 0.15) is 5.56 Å². The number of benzene rings is 1. The van der Waals surface area contributed by atoms with Crippen molar-refractivity contribution in [2.45, 2.75) is 32.6 Å². The summed E-state index contributed by atoms with van der Waals surface area (Å²) in [5, 5.41) is 9.06. The van der Waals surface area contributed by atoms with E-state index in [9.17, 15) is 9.59 Å². The van der Waals surface area contributed by atoms with E-state index in [1.165, 1.54) is 6.07 Å². The van der Waals surface area contributed by atoms with Gasteiger partial charge in [-0.25, -0.2) is 4.79 Å². The number of hydrogen-bond donors (Lipinski definition) is 2. The number of carbonyl (C=O) groups excluding carboxylic acids is 1. The summed E-state index contributed by atoms with van der Waals surface area (Å²) in [6.45, 7) is 2.53. The highest BCUT2D eigenvalue weighted by Gasteiger charge is 2.13. The molecule has 0 unspecified atom stereocenters. The molecule has 116 valence electrons. The van der Waals surface area contributed by atoms with Crippen LogP contribution in [0.25, 0.3) is 0 Å². The predicted molar refractivity (Wildman–Crippen MR) is 78.4 cm³/mol. The molecule has 0 bridgehead atoms. The SMILES string of the molecule is CCOC(=O)CCCCCOc1c(N)cccc1C(=O)O. The Kier molecular flexibility index (Phi) is 7.08. The Morgan fingerprint density at radius 2 is 2.00 bits per heavy atom. The van der Waals surface area contributed by atoms with E-state index < -0.39 is 5.97 Å². The number of ether oxygens (including phenoxy) is 2. The molecule has 21 heavy (non-hydrogen) atoms. The molecule has 1 rings (SSSR count). The van der Waals surface area contributed by atoms with Gasteiger partial charge in [-0.05, 0) is 38.3 Å². The van der Waals surface area contributed by atoms with Crippen LogP contribution in [0.3, 0.4) is 0 Å². The van der Waals surface area contributed by atoms with Gasteiger partial charge in [0.2, 0.25) is 0 Å². The molecular formula is C15H21NO5. The minimum Gasteiger partial charge on any atom is -0.491 e. The van der Waals surface area contributed by atoms with Gasteiger partial charge in [0.05, 0.1) is 18.9 Å². The smallest absolute Gasteiger partial charge is 0.339 e. The van der Waals surface area contributed by atoms with Crippen LogP contribution in [-0.2, 0) is 9.53 Å². The fraction of sp³-hybridized carbons (Fsp3) is 0.467. The lowest BCUT2D eigenvalue weighted by molar-refractivity contribution is -0.143. The van der Waals surface area contributed by atoms with Crippen molar-refractivity contribution in [3.8, 4) is 5.75 Å². The highest BCUT2D eigenvalue weighted by molar-refractivity contribution is 5.93. The molecule has 0 radical (unpaired) electrons. The van der Waals surface area contributed by atoms with E-state index in [-0.39, 0.29) is 17.3 Å². The van der Waals surface area contributed by atoms with Crippen LogP contribution in [0.5, 0.6) is 5.75 Å². The van der Waals surface area contributed by atoms with Crippen molar-refractivity contribution in [2.75, 3.05) is 18.9 Å². The van der Waals surface area contributed by atoms with Crippen molar-refractivity contribution in [1.82, 2.24) is 0 Å². The number of para-hydroxylation sites is 1. The fourth-order valence-corrected chi connectivity index (χ4v) is 1.84. The number of carboxylic acids is 1. The van der Waals surface area contributed by atoms with Gasteiger partial charge in [0.25, 0.3) is 0 Å². The van der Waals surface area contributed by atoms with Crippen molar-refractivity contribution in [1.29, 1.82) is 0 Å². The summed E-state index contributed by atoms with van der Waals surface area (Å²) in [7, 11) is 0. The lowest BCUT2D eigenvalue weighted by atomic mass is 10.1. The van der Waals surface area contributed by atoms with Gasteiger partial charge in [0, 0.05) is 6.42 Å². The summed E-state index contributed by atoms with van der Waals surface area (Å²) < 4.78 is 10.3. The fourth-order valence-electron chi connectivity index (χ4n) is 1.84. The molecule has 0 atom stereocenters. The van der Waals surface area contributed by atoms with Crippen LogP contribution in [0.15, 0.2) is 18.2 Å². The lowest BCUT2D eigenvalue weighted by Crippen LogP contribution is -2.07. The summed E-state index contributed by atoms with van der Waals surface area (Å²) >= 11 is 0. The van der Waals surface area contributed by atoms with Crippen LogP contribution in [0.1, 0.15) is 43.0 Å². The summed E-state index contributed by atoms with van der Waals surface area (Å²) in [5.74, 6) is -1.06. The van der Waals surface area contributed by atoms with Crippen LogP contribution in [0, 0.1) is 0 Å². The van der Waals surface area contributed by atoms with Crippen molar-refractivity contribution in [3.05, 3.63) is 23.8 Å². The van der Waals surface area contributed by atoms with E-state index in [1.807, 2.05) is 0 Å². The second kappa shape index (κ2) is 8.84. The molecule has 0 aliphatic rings. The van der Waals surface area contributed by atoms with E-state index in [1.54, 1.807) is 19.1 Å². The number of anilines is 1. The van der Waals surface area contributed by atoms with E-state index in [4.69, 9.17) is 20.3 Å². The Bertz CT molecular complexity index is 487. The number of nitrogen functional groups attached to an aromatic ring is 1. The molecule has 6 heteroatoms. The van der Waals surface area contributed by atoms with Gasteiger partial charge in [-0.15, -0.1) is 0 Å². The van der Waals surface area contributed by atoms with Gasteiger partial charge in [-0.1, -0.05) is 6.07 Å². The Hall–Kier alpha value is -2.24. The molecular weight excluding hydrogens is 274 g/mol. The van der Waals surface area contributed by atoms with Crippen molar-refractivity contribution in [2.24, 2.45) is 0 Å². The molecule has 0 saturated carbocycles. The third-order valence-corrected chi connectivity index (χ3v) is 2.85. The predicted octanol–water partition coefficient (Wildman–Crippen LogP) is 2.47. The number of nitrogens with two attached hydrogens (primary N) is 1. The van der Waals surface area contributed by atoms with Crippen LogP contribution in [0.2, 0.25) is 0 Å². The van der Waals surface area contributed by atoms with Crippen LogP contribution in [-0.4, -0.2) is 30.3 Å². The van der Waals surface area contributed by atoms with Crippen LogP contribution >= 0.6 is 0 Å². The topological polar surface area (TPSA) is 98.9 Å². The number of unbranched alkanes of at least 4 members (excludes halogenated alkanes) is 2. The van der Waals surface area contributed by atoms with Crippen LogP contribution in [0.4, 0.5) is 5.69 Å². The average Bonchev–Trinajstić information content (AvgIpc) is 2.44. The lowest BCUT2D eigenvalue weighted by Gasteiger charge is -2.11. The minimum atomic E-state index is -1.07. The van der Waals surface area contributed by atoms with E-state index in [0.717, 1.165) is 12.8 Å². The molecule has 0 saturated heterocycles. The molecule has 6 nitrogen and oxygen atoms in total. The highest BCUT2D eigenvalue weighted by atomic mass is 16.5. The molecule has 3 N–H and O–H groups in total. The highest BCUT2D eigenvalue weighted by Crippen LogP contribution is 2.26. The van der Waals surface area contributed by atoms with E-state index in [0.29, 0.717) is 31.7 Å². The van der Waals surface area contributed by atoms with Gasteiger partial charge in [0.15, 0.2) is 5.75 Å². The number of hydrogen-bond acceptors (Lipinski definition) is 5. The first-order valence-electron chi connectivity index (χ1n) is 6.96. The van der Waals surface area contributed by atoms with Crippen molar-refractivity contribution >= 4 is 17.6 Å². The van der Waals surface area contributed by atoms with Crippen molar-refractivity contribution in [3.63, 3.8) is 0 Å². The number of carboxylic acid groups (broad SMARTS) is 1. The Morgan fingerprint density at radius 3 is 2.67 bits per heavy atom. The van der Waals surface area contributed by atoms with E-state index >= 15 is 0 Å². The van der Waals surface area contributed by atoms with Gasteiger partial charge in [-0.3, -0.25) is 4.79 Å².